The Morgan fingerprint density at radius 3 is 1.89 bits per heavy atom. The van der Waals surface area contributed by atoms with Crippen molar-refractivity contribution in [2.45, 2.75) is 84.0 Å². The Labute approximate surface area is 319 Å². The van der Waals surface area contributed by atoms with Crippen LogP contribution in [0.2, 0.25) is 0 Å². The Balaban J connectivity index is 1.31. The van der Waals surface area contributed by atoms with Gasteiger partial charge in [-0.25, -0.2) is 0 Å². The Bertz CT molecular complexity index is 1960. The minimum atomic E-state index is -1.03. The first-order valence-corrected chi connectivity index (χ1v) is 18.9. The molecule has 5 rings (SSSR count). The monoisotopic (exact) mass is 727 g/mol. The maximum atomic E-state index is 14.1. The van der Waals surface area contributed by atoms with Crippen molar-refractivity contribution in [3.05, 3.63) is 149 Å². The third kappa shape index (κ3) is 12.0. The average molecular weight is 728 g/mol. The van der Waals surface area contributed by atoms with Crippen LogP contribution in [0.3, 0.4) is 0 Å². The van der Waals surface area contributed by atoms with Crippen LogP contribution in [0.4, 0.5) is 0 Å². The number of aliphatic hydroxyl groups excluding tert-OH is 1. The highest BCUT2D eigenvalue weighted by Gasteiger charge is 2.30. The van der Waals surface area contributed by atoms with Crippen molar-refractivity contribution >= 4 is 28.5 Å². The third-order valence-electron chi connectivity index (χ3n) is 9.60. The first-order valence-electron chi connectivity index (χ1n) is 18.9. The second kappa shape index (κ2) is 19.6. The van der Waals surface area contributed by atoms with Gasteiger partial charge in [-0.1, -0.05) is 135 Å². The fourth-order valence-corrected chi connectivity index (χ4v) is 6.90. The van der Waals surface area contributed by atoms with E-state index in [0.717, 1.165) is 38.6 Å². The lowest BCUT2D eigenvalue weighted by Gasteiger charge is -2.30. The Morgan fingerprint density at radius 1 is 0.630 bits per heavy atom. The third-order valence-corrected chi connectivity index (χ3v) is 9.60. The number of aryl methyl sites for hydroxylation is 2. The van der Waals surface area contributed by atoms with Crippen LogP contribution >= 0.6 is 0 Å². The van der Waals surface area contributed by atoms with Gasteiger partial charge >= 0.3 is 0 Å². The summed E-state index contributed by atoms with van der Waals surface area (Å²) < 4.78 is 5.94. The highest BCUT2D eigenvalue weighted by atomic mass is 16.5. The molecule has 0 saturated heterocycles. The molecule has 8 nitrogen and oxygen atoms in total. The standard InChI is InChI=1S/C46H53N3O5/c1-31(2)24-41(48-43(51)28-36-22-23-37-20-11-12-21-38(37)25-36)46(53)49-40(27-35-18-9-6-10-19-35)42(50)29-39(26-34-16-7-5-8-17-34)47-44(52)30-54-45-32(3)14-13-15-33(45)4/h5-23,25,31,39-42,50H,24,26-30H2,1-4H3,(H,47,52)(H,48,51)(H,49,53)/t39-,40-,41-,42?/m0/s1. The fourth-order valence-electron chi connectivity index (χ4n) is 6.90. The zero-order chi connectivity index (χ0) is 38.5. The van der Waals surface area contributed by atoms with Gasteiger partial charge in [-0.2, -0.15) is 0 Å². The van der Waals surface area contributed by atoms with E-state index in [1.54, 1.807) is 0 Å². The number of nitrogens with one attached hydrogen (secondary N) is 3. The van der Waals surface area contributed by atoms with E-state index in [0.29, 0.717) is 25.0 Å². The molecule has 0 aromatic heterocycles. The smallest absolute Gasteiger partial charge is 0.258 e. The van der Waals surface area contributed by atoms with Crippen LogP contribution in [-0.4, -0.2) is 53.7 Å². The number of fused-ring (bicyclic) bond motifs is 1. The Morgan fingerprint density at radius 2 is 1.24 bits per heavy atom. The number of para-hydroxylation sites is 1. The molecule has 0 heterocycles. The van der Waals surface area contributed by atoms with E-state index in [1.807, 2.05) is 149 Å². The largest absolute Gasteiger partial charge is 0.483 e. The summed E-state index contributed by atoms with van der Waals surface area (Å²) in [6, 6.07) is 37.3. The second-order valence-electron chi connectivity index (χ2n) is 14.7. The van der Waals surface area contributed by atoms with Crippen LogP contribution in [-0.2, 0) is 33.6 Å². The van der Waals surface area contributed by atoms with Crippen molar-refractivity contribution < 1.29 is 24.2 Å². The van der Waals surface area contributed by atoms with Crippen molar-refractivity contribution in [2.75, 3.05) is 6.61 Å². The molecule has 282 valence electrons. The number of rotatable bonds is 18. The van der Waals surface area contributed by atoms with Crippen LogP contribution in [0.15, 0.2) is 121 Å². The second-order valence-corrected chi connectivity index (χ2v) is 14.7. The topological polar surface area (TPSA) is 117 Å². The molecule has 0 saturated carbocycles. The Kier molecular flexibility index (Phi) is 14.4. The van der Waals surface area contributed by atoms with Gasteiger partial charge in [0.1, 0.15) is 11.8 Å². The SMILES string of the molecule is Cc1cccc(C)c1OCC(=O)N[C@@H](Cc1ccccc1)CC(O)[C@H](Cc1ccccc1)NC(=O)[C@H](CC(C)C)NC(=O)Cc1ccc2ccccc2c1. The van der Waals surface area contributed by atoms with Crippen molar-refractivity contribution in [1.29, 1.82) is 0 Å². The number of hydrogen-bond donors (Lipinski definition) is 4. The highest BCUT2D eigenvalue weighted by Crippen LogP contribution is 2.22. The Hall–Kier alpha value is -5.47. The number of carbonyl (C=O) groups is 3. The van der Waals surface area contributed by atoms with Gasteiger partial charge in [0, 0.05) is 6.04 Å². The lowest BCUT2D eigenvalue weighted by Crippen LogP contribution is -2.55. The van der Waals surface area contributed by atoms with Crippen LogP contribution in [0.25, 0.3) is 10.8 Å². The number of aliphatic hydroxyl groups is 1. The van der Waals surface area contributed by atoms with E-state index in [1.165, 1.54) is 0 Å². The van der Waals surface area contributed by atoms with Gasteiger partial charge in [0.2, 0.25) is 11.8 Å². The summed E-state index contributed by atoms with van der Waals surface area (Å²) in [5, 5.41) is 23.2. The minimum absolute atomic E-state index is 0.121. The van der Waals surface area contributed by atoms with Crippen molar-refractivity contribution in [3.63, 3.8) is 0 Å². The lowest BCUT2D eigenvalue weighted by atomic mass is 9.93. The van der Waals surface area contributed by atoms with Gasteiger partial charge < -0.3 is 25.8 Å². The first kappa shape index (κ1) is 39.7. The predicted molar refractivity (Wildman–Crippen MR) is 215 cm³/mol. The summed E-state index contributed by atoms with van der Waals surface area (Å²) in [4.78, 5) is 40.7. The normalized spacial score (nSPS) is 13.4. The van der Waals surface area contributed by atoms with E-state index < -0.39 is 24.2 Å². The molecule has 0 aliphatic rings. The highest BCUT2D eigenvalue weighted by molar-refractivity contribution is 5.89. The summed E-state index contributed by atoms with van der Waals surface area (Å²) in [5.74, 6) is -0.115. The average Bonchev–Trinajstić information content (AvgIpc) is 3.14. The quantitative estimate of drug-likeness (QED) is 0.0792. The summed E-state index contributed by atoms with van der Waals surface area (Å²) in [5.41, 5.74) is 4.69. The van der Waals surface area contributed by atoms with Gasteiger partial charge in [0.25, 0.3) is 5.91 Å². The van der Waals surface area contributed by atoms with Crippen molar-refractivity contribution in [2.24, 2.45) is 5.92 Å². The molecule has 5 aromatic carbocycles. The maximum absolute atomic E-state index is 14.1. The molecule has 0 aliphatic carbocycles. The molecular formula is C46H53N3O5. The summed E-state index contributed by atoms with van der Waals surface area (Å²) in [6.45, 7) is 7.73. The van der Waals surface area contributed by atoms with Gasteiger partial charge in [0.05, 0.1) is 18.6 Å². The molecule has 0 bridgehead atoms. The molecule has 4 N–H and O–H groups in total. The number of carbonyl (C=O) groups excluding carboxylic acids is 3. The predicted octanol–water partition coefficient (Wildman–Crippen LogP) is 6.82. The van der Waals surface area contributed by atoms with Gasteiger partial charge in [0.15, 0.2) is 6.61 Å². The van der Waals surface area contributed by atoms with Gasteiger partial charge in [-0.15, -0.1) is 0 Å². The van der Waals surface area contributed by atoms with Crippen molar-refractivity contribution in [1.82, 2.24) is 16.0 Å². The van der Waals surface area contributed by atoms with Crippen molar-refractivity contribution in [3.8, 4) is 5.75 Å². The zero-order valence-corrected chi connectivity index (χ0v) is 31.8. The van der Waals surface area contributed by atoms with E-state index in [9.17, 15) is 19.5 Å². The number of ether oxygens (including phenoxy) is 1. The van der Waals surface area contributed by atoms with Gasteiger partial charge in [-0.05, 0) is 84.0 Å². The van der Waals surface area contributed by atoms with E-state index in [4.69, 9.17) is 4.74 Å². The molecule has 0 fully saturated rings. The molecule has 0 aliphatic heterocycles. The zero-order valence-electron chi connectivity index (χ0n) is 31.8. The minimum Gasteiger partial charge on any atom is -0.483 e. The molecule has 0 radical (unpaired) electrons. The van der Waals surface area contributed by atoms with Crippen LogP contribution in [0.1, 0.15) is 54.5 Å². The van der Waals surface area contributed by atoms with Gasteiger partial charge in [-0.3, -0.25) is 14.4 Å². The number of benzene rings is 5. The summed E-state index contributed by atoms with van der Waals surface area (Å²) >= 11 is 0. The van der Waals surface area contributed by atoms with E-state index in [-0.39, 0.29) is 43.1 Å². The molecule has 8 heteroatoms. The van der Waals surface area contributed by atoms with Crippen LogP contribution < -0.4 is 20.7 Å². The summed E-state index contributed by atoms with van der Waals surface area (Å²) in [6.07, 6.45) is 0.531. The molecule has 1 unspecified atom stereocenters. The molecule has 0 spiro atoms. The van der Waals surface area contributed by atoms with Crippen LogP contribution in [0.5, 0.6) is 5.75 Å². The van der Waals surface area contributed by atoms with E-state index in [2.05, 4.69) is 16.0 Å². The molecular weight excluding hydrogens is 675 g/mol. The molecule has 54 heavy (non-hydrogen) atoms. The van der Waals surface area contributed by atoms with E-state index >= 15 is 0 Å². The molecule has 4 atom stereocenters. The lowest BCUT2D eigenvalue weighted by molar-refractivity contribution is -0.130. The molecule has 3 amide bonds. The maximum Gasteiger partial charge on any atom is 0.258 e. The molecule has 5 aromatic rings. The summed E-state index contributed by atoms with van der Waals surface area (Å²) in [7, 11) is 0. The number of hydrogen-bond acceptors (Lipinski definition) is 5. The van der Waals surface area contributed by atoms with Crippen LogP contribution in [0, 0.1) is 19.8 Å². The fraction of sp³-hybridized carbons (Fsp3) is 0.326. The number of amides is 3. The first-order chi connectivity index (χ1) is 26.0.